The number of nitrogens with zero attached hydrogens (tertiary/aromatic N) is 3. The molecule has 2 aromatic heterocycles. The van der Waals surface area contributed by atoms with E-state index in [0.29, 0.717) is 11.2 Å². The Morgan fingerprint density at radius 3 is 2.85 bits per heavy atom. The average molecular weight is 274 g/mol. The van der Waals surface area contributed by atoms with Crippen LogP contribution >= 0.6 is 0 Å². The van der Waals surface area contributed by atoms with Crippen LogP contribution < -0.4 is 10.2 Å². The van der Waals surface area contributed by atoms with Crippen molar-refractivity contribution in [3.8, 4) is 0 Å². The number of pyridine rings is 1. The van der Waals surface area contributed by atoms with Gasteiger partial charge in [-0.25, -0.2) is 14.1 Å². The molecule has 102 valence electrons. The number of fused-ring (bicyclic) bond motifs is 1. The summed E-state index contributed by atoms with van der Waals surface area (Å²) in [6.45, 7) is 0.271. The van der Waals surface area contributed by atoms with Gasteiger partial charge in [0.2, 0.25) is 5.91 Å². The van der Waals surface area contributed by atoms with E-state index in [2.05, 4.69) is 10.4 Å². The van der Waals surface area contributed by atoms with Crippen molar-refractivity contribution in [3.63, 3.8) is 0 Å². The summed E-state index contributed by atoms with van der Waals surface area (Å²) in [4.78, 5) is 35.2. The fraction of sp³-hybridized carbons (Fsp3) is 0.167. The van der Waals surface area contributed by atoms with Crippen LogP contribution in [0.2, 0.25) is 0 Å². The topological polar surface area (TPSA) is 104 Å². The van der Waals surface area contributed by atoms with Crippen LogP contribution in [0, 0.1) is 0 Å². The minimum Gasteiger partial charge on any atom is -0.478 e. The van der Waals surface area contributed by atoms with E-state index in [9.17, 15) is 14.4 Å². The summed E-state index contributed by atoms with van der Waals surface area (Å²) in [5.41, 5.74) is 1.23. The highest BCUT2D eigenvalue weighted by atomic mass is 16.4. The summed E-state index contributed by atoms with van der Waals surface area (Å²) in [7, 11) is 0. The van der Waals surface area contributed by atoms with Crippen LogP contribution in [-0.4, -0.2) is 39.2 Å². The second-order valence-corrected chi connectivity index (χ2v) is 4.34. The molecule has 3 heterocycles. The molecule has 1 aliphatic rings. The second kappa shape index (κ2) is 4.34. The summed E-state index contributed by atoms with van der Waals surface area (Å²) in [5.74, 6) is -1.36. The molecule has 3 amide bonds. The number of aromatic nitrogens is 2. The Labute approximate surface area is 112 Å². The van der Waals surface area contributed by atoms with E-state index >= 15 is 0 Å². The van der Waals surface area contributed by atoms with E-state index in [-0.39, 0.29) is 24.4 Å². The van der Waals surface area contributed by atoms with E-state index in [1.165, 1.54) is 27.9 Å². The van der Waals surface area contributed by atoms with Gasteiger partial charge >= 0.3 is 12.0 Å². The van der Waals surface area contributed by atoms with Gasteiger partial charge in [0, 0.05) is 19.2 Å². The monoisotopic (exact) mass is 274 g/mol. The molecule has 8 nitrogen and oxygen atoms in total. The molecule has 1 fully saturated rings. The predicted molar refractivity (Wildman–Crippen MR) is 67.7 cm³/mol. The molecular weight excluding hydrogens is 264 g/mol. The maximum atomic E-state index is 11.8. The summed E-state index contributed by atoms with van der Waals surface area (Å²) < 4.78 is 1.39. The average Bonchev–Trinajstić information content (AvgIpc) is 2.81. The van der Waals surface area contributed by atoms with Gasteiger partial charge in [0.25, 0.3) is 0 Å². The van der Waals surface area contributed by atoms with Crippen LogP contribution in [0.25, 0.3) is 5.52 Å². The first-order chi connectivity index (χ1) is 9.56. The van der Waals surface area contributed by atoms with Crippen LogP contribution in [0.15, 0.2) is 24.5 Å². The third kappa shape index (κ3) is 1.87. The lowest BCUT2D eigenvalue weighted by atomic mass is 10.2. The van der Waals surface area contributed by atoms with Crippen LogP contribution in [0.4, 0.5) is 10.5 Å². The van der Waals surface area contributed by atoms with Gasteiger partial charge in [-0.05, 0) is 12.1 Å². The van der Waals surface area contributed by atoms with Gasteiger partial charge in [-0.3, -0.25) is 15.0 Å². The van der Waals surface area contributed by atoms with E-state index in [1.807, 2.05) is 0 Å². The first kappa shape index (κ1) is 12.2. The van der Waals surface area contributed by atoms with Crippen molar-refractivity contribution in [1.29, 1.82) is 0 Å². The van der Waals surface area contributed by atoms with Crippen LogP contribution in [0.1, 0.15) is 16.8 Å². The fourth-order valence-corrected chi connectivity index (χ4v) is 2.10. The maximum absolute atomic E-state index is 11.8. The SMILES string of the molecule is O=C1CCN(c2cnn3cc(C(=O)O)ccc23)C(=O)N1. The number of hydrogen-bond acceptors (Lipinski definition) is 4. The Bertz CT molecular complexity index is 736. The predicted octanol–water partition coefficient (Wildman–Crippen LogP) is 0.479. The fourth-order valence-electron chi connectivity index (χ4n) is 2.10. The van der Waals surface area contributed by atoms with Crippen molar-refractivity contribution in [2.75, 3.05) is 11.4 Å². The zero-order valence-electron chi connectivity index (χ0n) is 10.2. The molecule has 8 heteroatoms. The van der Waals surface area contributed by atoms with Crippen molar-refractivity contribution in [2.24, 2.45) is 0 Å². The summed E-state index contributed by atoms with van der Waals surface area (Å²) in [6.07, 6.45) is 3.06. The largest absolute Gasteiger partial charge is 0.478 e. The summed E-state index contributed by atoms with van der Waals surface area (Å²) in [6, 6.07) is 2.52. The lowest BCUT2D eigenvalue weighted by Crippen LogP contribution is -2.49. The molecule has 2 aromatic rings. The molecule has 0 atom stereocenters. The molecule has 0 aromatic carbocycles. The van der Waals surface area contributed by atoms with Gasteiger partial charge in [-0.15, -0.1) is 0 Å². The Morgan fingerprint density at radius 1 is 1.35 bits per heavy atom. The molecule has 0 saturated carbocycles. The third-order valence-electron chi connectivity index (χ3n) is 3.09. The van der Waals surface area contributed by atoms with Crippen LogP contribution in [-0.2, 0) is 4.79 Å². The first-order valence-electron chi connectivity index (χ1n) is 5.88. The van der Waals surface area contributed by atoms with Gasteiger partial charge < -0.3 is 5.11 Å². The van der Waals surface area contributed by atoms with Crippen molar-refractivity contribution in [2.45, 2.75) is 6.42 Å². The van der Waals surface area contributed by atoms with Gasteiger partial charge in [0.05, 0.1) is 23.0 Å². The van der Waals surface area contributed by atoms with Crippen molar-refractivity contribution in [3.05, 3.63) is 30.1 Å². The molecule has 0 radical (unpaired) electrons. The smallest absolute Gasteiger partial charge is 0.337 e. The van der Waals surface area contributed by atoms with Crippen molar-refractivity contribution < 1.29 is 19.5 Å². The van der Waals surface area contributed by atoms with Crippen LogP contribution in [0.5, 0.6) is 0 Å². The number of carbonyl (C=O) groups excluding carboxylic acids is 2. The zero-order chi connectivity index (χ0) is 14.3. The number of imide groups is 1. The lowest BCUT2D eigenvalue weighted by Gasteiger charge is -2.25. The van der Waals surface area contributed by atoms with E-state index < -0.39 is 12.0 Å². The summed E-state index contributed by atoms with van der Waals surface area (Å²) >= 11 is 0. The van der Waals surface area contributed by atoms with Gasteiger partial charge in [0.15, 0.2) is 0 Å². The number of urea groups is 1. The normalized spacial score (nSPS) is 15.5. The van der Waals surface area contributed by atoms with Crippen molar-refractivity contribution in [1.82, 2.24) is 14.9 Å². The molecule has 3 rings (SSSR count). The molecule has 1 saturated heterocycles. The quantitative estimate of drug-likeness (QED) is 0.828. The van der Waals surface area contributed by atoms with Crippen LogP contribution in [0.3, 0.4) is 0 Å². The number of aromatic carboxylic acids is 1. The molecular formula is C12H10N4O4. The number of amides is 3. The number of nitrogens with one attached hydrogen (secondary N) is 1. The second-order valence-electron chi connectivity index (χ2n) is 4.34. The lowest BCUT2D eigenvalue weighted by molar-refractivity contribution is -0.120. The Hall–Kier alpha value is -2.90. The number of anilines is 1. The molecule has 20 heavy (non-hydrogen) atoms. The highest BCUT2D eigenvalue weighted by Gasteiger charge is 2.26. The first-order valence-corrected chi connectivity index (χ1v) is 5.88. The Morgan fingerprint density at radius 2 is 2.15 bits per heavy atom. The highest BCUT2D eigenvalue weighted by molar-refractivity contribution is 6.07. The maximum Gasteiger partial charge on any atom is 0.337 e. The summed E-state index contributed by atoms with van der Waals surface area (Å²) in [5, 5.41) is 15.2. The molecule has 0 spiro atoms. The van der Waals surface area contributed by atoms with E-state index in [1.54, 1.807) is 6.07 Å². The number of hydrogen-bond donors (Lipinski definition) is 2. The van der Waals surface area contributed by atoms with E-state index in [0.717, 1.165) is 0 Å². The number of carbonyl (C=O) groups is 3. The zero-order valence-corrected chi connectivity index (χ0v) is 10.2. The van der Waals surface area contributed by atoms with E-state index in [4.69, 9.17) is 5.11 Å². The minimum atomic E-state index is -1.05. The third-order valence-corrected chi connectivity index (χ3v) is 3.09. The van der Waals surface area contributed by atoms with Gasteiger partial charge in [-0.2, -0.15) is 5.10 Å². The minimum absolute atomic E-state index is 0.102. The van der Waals surface area contributed by atoms with Crippen molar-refractivity contribution >= 4 is 29.1 Å². The standard InChI is InChI=1S/C12H10N4O4/c17-10-3-4-15(12(20)14-10)9-5-13-16-6-7(11(18)19)1-2-8(9)16/h1-2,5-6H,3-4H2,(H,18,19)(H,14,17,20). The number of rotatable bonds is 2. The molecule has 1 aliphatic heterocycles. The number of carboxylic acids is 1. The Kier molecular flexibility index (Phi) is 2.63. The molecule has 2 N–H and O–H groups in total. The molecule has 0 bridgehead atoms. The molecule has 0 unspecified atom stereocenters. The highest BCUT2D eigenvalue weighted by Crippen LogP contribution is 2.23. The van der Waals surface area contributed by atoms with Gasteiger partial charge in [-0.1, -0.05) is 0 Å². The Balaban J connectivity index is 2.02. The number of carboxylic acid groups (broad SMARTS) is 1. The molecule has 0 aliphatic carbocycles. The van der Waals surface area contributed by atoms with Gasteiger partial charge in [0.1, 0.15) is 0 Å².